The molecule has 16 heavy (non-hydrogen) atoms. The van der Waals surface area contributed by atoms with Crippen LogP contribution in [0.4, 0.5) is 10.1 Å². The van der Waals surface area contributed by atoms with Gasteiger partial charge < -0.3 is 16.6 Å². The predicted molar refractivity (Wildman–Crippen MR) is 53.8 cm³/mol. The molecule has 1 aromatic carbocycles. The Morgan fingerprint density at radius 3 is 2.50 bits per heavy atom. The Morgan fingerprint density at radius 2 is 2.00 bits per heavy atom. The number of anilines is 1. The molecule has 1 aromatic rings. The second-order valence-electron chi connectivity index (χ2n) is 2.84. The van der Waals surface area contributed by atoms with Crippen molar-refractivity contribution in [2.24, 2.45) is 5.73 Å². The lowest BCUT2D eigenvalue weighted by Crippen LogP contribution is -2.07. The zero-order valence-electron chi connectivity index (χ0n) is 7.95. The molecule has 0 heterocycles. The molecule has 0 aliphatic rings. The van der Waals surface area contributed by atoms with Crippen molar-refractivity contribution in [1.29, 1.82) is 0 Å². The highest BCUT2D eigenvalue weighted by Gasteiger charge is 2.11. The first kappa shape index (κ1) is 11.5. The largest absolute Gasteiger partial charge is 0.478 e. The predicted octanol–water partition coefficient (Wildman–Crippen LogP) is -0.0571. The van der Waals surface area contributed by atoms with Crippen molar-refractivity contribution in [3.63, 3.8) is 0 Å². The number of nitrogen functional groups attached to an aromatic ring is 1. The standard InChI is InChI=1S/C10H7FN2O3/c11-7-4-8(12)6(10(15)16)3-5(7)1-2-9(13)14/h3-4H,12H2,(H2,13,14)(H,15,16). The molecular formula is C10H7FN2O3. The van der Waals surface area contributed by atoms with E-state index < -0.39 is 17.7 Å². The average molecular weight is 222 g/mol. The van der Waals surface area contributed by atoms with Crippen LogP contribution in [0.1, 0.15) is 15.9 Å². The Morgan fingerprint density at radius 1 is 1.38 bits per heavy atom. The molecule has 82 valence electrons. The summed E-state index contributed by atoms with van der Waals surface area (Å²) >= 11 is 0. The van der Waals surface area contributed by atoms with Gasteiger partial charge in [0.1, 0.15) is 5.82 Å². The van der Waals surface area contributed by atoms with Crippen LogP contribution in [0, 0.1) is 17.7 Å². The van der Waals surface area contributed by atoms with E-state index in [1.807, 2.05) is 5.92 Å². The first-order chi connectivity index (χ1) is 7.41. The van der Waals surface area contributed by atoms with Gasteiger partial charge in [0.05, 0.1) is 11.1 Å². The monoisotopic (exact) mass is 222 g/mol. The highest BCUT2D eigenvalue weighted by Crippen LogP contribution is 2.17. The normalized spacial score (nSPS) is 9.06. The van der Waals surface area contributed by atoms with Crippen LogP contribution in [0.25, 0.3) is 0 Å². The summed E-state index contributed by atoms with van der Waals surface area (Å²) in [6.07, 6.45) is 0. The Hall–Kier alpha value is -2.55. The maximum absolute atomic E-state index is 13.2. The summed E-state index contributed by atoms with van der Waals surface area (Å²) in [5.74, 6) is 0.968. The van der Waals surface area contributed by atoms with Gasteiger partial charge in [-0.3, -0.25) is 4.79 Å². The maximum Gasteiger partial charge on any atom is 0.337 e. The summed E-state index contributed by atoms with van der Waals surface area (Å²) in [5, 5.41) is 8.72. The SMILES string of the molecule is NC(=O)C#Cc1cc(C(=O)O)c(N)cc1F. The summed E-state index contributed by atoms with van der Waals surface area (Å²) in [5.41, 5.74) is 9.29. The molecule has 0 saturated heterocycles. The third kappa shape index (κ3) is 2.48. The van der Waals surface area contributed by atoms with Crippen LogP contribution in [-0.4, -0.2) is 17.0 Å². The Kier molecular flexibility index (Phi) is 3.11. The van der Waals surface area contributed by atoms with E-state index in [4.69, 9.17) is 16.6 Å². The molecular weight excluding hydrogens is 215 g/mol. The van der Waals surface area contributed by atoms with Crippen LogP contribution < -0.4 is 11.5 Å². The number of carbonyl (C=O) groups excluding carboxylic acids is 1. The Bertz CT molecular complexity index is 529. The van der Waals surface area contributed by atoms with Gasteiger partial charge in [-0.05, 0) is 12.1 Å². The van der Waals surface area contributed by atoms with Crippen LogP contribution in [-0.2, 0) is 4.79 Å². The van der Waals surface area contributed by atoms with E-state index in [-0.39, 0.29) is 16.8 Å². The minimum Gasteiger partial charge on any atom is -0.478 e. The molecule has 0 spiro atoms. The van der Waals surface area contributed by atoms with Crippen LogP contribution in [0.5, 0.6) is 0 Å². The number of benzene rings is 1. The van der Waals surface area contributed by atoms with E-state index in [9.17, 15) is 14.0 Å². The number of hydrogen-bond acceptors (Lipinski definition) is 3. The fourth-order valence-electron chi connectivity index (χ4n) is 0.999. The van der Waals surface area contributed by atoms with Crippen molar-refractivity contribution in [3.8, 4) is 11.8 Å². The fraction of sp³-hybridized carbons (Fsp3) is 0. The van der Waals surface area contributed by atoms with E-state index in [1.165, 1.54) is 0 Å². The van der Waals surface area contributed by atoms with Crippen LogP contribution >= 0.6 is 0 Å². The summed E-state index contributed by atoms with van der Waals surface area (Å²) in [6.45, 7) is 0. The molecule has 1 amide bonds. The molecule has 0 aliphatic carbocycles. The van der Waals surface area contributed by atoms with E-state index in [2.05, 4.69) is 5.92 Å². The molecule has 0 saturated carbocycles. The van der Waals surface area contributed by atoms with Gasteiger partial charge in [-0.1, -0.05) is 5.92 Å². The lowest BCUT2D eigenvalue weighted by molar-refractivity contribution is -0.112. The Balaban J connectivity index is 3.32. The van der Waals surface area contributed by atoms with Crippen LogP contribution in [0.15, 0.2) is 12.1 Å². The highest BCUT2D eigenvalue weighted by atomic mass is 19.1. The van der Waals surface area contributed by atoms with Gasteiger partial charge in [0, 0.05) is 11.6 Å². The number of nitrogens with two attached hydrogens (primary N) is 2. The molecule has 0 radical (unpaired) electrons. The highest BCUT2D eigenvalue weighted by molar-refractivity contribution is 5.95. The number of rotatable bonds is 1. The number of aromatic carboxylic acids is 1. The van der Waals surface area contributed by atoms with Crippen molar-refractivity contribution < 1.29 is 19.1 Å². The molecule has 0 fully saturated rings. The minimum absolute atomic E-state index is 0.213. The van der Waals surface area contributed by atoms with Crippen LogP contribution in [0.3, 0.4) is 0 Å². The molecule has 5 N–H and O–H groups in total. The third-order valence-corrected chi connectivity index (χ3v) is 1.69. The summed E-state index contributed by atoms with van der Waals surface area (Å²) < 4.78 is 13.2. The number of halogens is 1. The number of carboxylic acid groups (broad SMARTS) is 1. The van der Waals surface area contributed by atoms with E-state index in [0.717, 1.165) is 12.1 Å². The lowest BCUT2D eigenvalue weighted by atomic mass is 10.1. The smallest absolute Gasteiger partial charge is 0.337 e. The molecule has 0 bridgehead atoms. The van der Waals surface area contributed by atoms with Gasteiger partial charge in [0.25, 0.3) is 5.91 Å². The Labute approximate surface area is 89.9 Å². The van der Waals surface area contributed by atoms with E-state index in [1.54, 1.807) is 0 Å². The van der Waals surface area contributed by atoms with Crippen molar-refractivity contribution in [2.75, 3.05) is 5.73 Å². The molecule has 0 aromatic heterocycles. The van der Waals surface area contributed by atoms with Gasteiger partial charge in [0.2, 0.25) is 0 Å². The van der Waals surface area contributed by atoms with Crippen molar-refractivity contribution >= 4 is 17.6 Å². The topological polar surface area (TPSA) is 106 Å². The zero-order chi connectivity index (χ0) is 12.3. The van der Waals surface area contributed by atoms with Crippen molar-refractivity contribution in [3.05, 3.63) is 29.1 Å². The van der Waals surface area contributed by atoms with Crippen molar-refractivity contribution in [1.82, 2.24) is 0 Å². The molecule has 0 atom stereocenters. The molecule has 0 aliphatic heterocycles. The molecule has 5 nitrogen and oxygen atoms in total. The second kappa shape index (κ2) is 4.31. The van der Waals surface area contributed by atoms with Crippen LogP contribution in [0.2, 0.25) is 0 Å². The number of primary amides is 1. The third-order valence-electron chi connectivity index (χ3n) is 1.69. The summed E-state index contributed by atoms with van der Waals surface area (Å²) in [7, 11) is 0. The number of carbonyl (C=O) groups is 2. The van der Waals surface area contributed by atoms with Crippen molar-refractivity contribution in [2.45, 2.75) is 0 Å². The quantitative estimate of drug-likeness (QED) is 0.457. The second-order valence-corrected chi connectivity index (χ2v) is 2.84. The molecule has 1 rings (SSSR count). The average Bonchev–Trinajstić information content (AvgIpc) is 2.15. The summed E-state index contributed by atoms with van der Waals surface area (Å²) in [6, 6.07) is 1.78. The minimum atomic E-state index is -1.31. The number of amides is 1. The lowest BCUT2D eigenvalue weighted by Gasteiger charge is -2.02. The molecule has 6 heteroatoms. The fourth-order valence-corrected chi connectivity index (χ4v) is 0.999. The number of hydrogen-bond donors (Lipinski definition) is 3. The van der Waals surface area contributed by atoms with Gasteiger partial charge in [-0.25, -0.2) is 9.18 Å². The van der Waals surface area contributed by atoms with E-state index >= 15 is 0 Å². The van der Waals surface area contributed by atoms with Gasteiger partial charge >= 0.3 is 5.97 Å². The summed E-state index contributed by atoms with van der Waals surface area (Å²) in [4.78, 5) is 21.0. The first-order valence-electron chi connectivity index (χ1n) is 4.05. The zero-order valence-corrected chi connectivity index (χ0v) is 7.95. The van der Waals surface area contributed by atoms with Gasteiger partial charge in [-0.15, -0.1) is 0 Å². The van der Waals surface area contributed by atoms with E-state index in [0.29, 0.717) is 0 Å². The first-order valence-corrected chi connectivity index (χ1v) is 4.05. The number of carboxylic acids is 1. The van der Waals surface area contributed by atoms with Gasteiger partial charge in [0.15, 0.2) is 0 Å². The van der Waals surface area contributed by atoms with Gasteiger partial charge in [-0.2, -0.15) is 0 Å². The molecule has 0 unspecified atom stereocenters. The maximum atomic E-state index is 13.2.